The number of nitrogens with zero attached hydrogens (tertiary/aromatic N) is 2. The molecule has 3 rings (SSSR count). The number of anilines is 2. The van der Waals surface area contributed by atoms with E-state index in [9.17, 15) is 9.59 Å². The standard InChI is InChI=1S/C21H25N3O4/c1-3-23-10-12-24(13-11-23)19-8-6-16(21(26)27-2)15-18(19)22-20(25)9-7-17-5-4-14-28-17/h4-9,14-15H,3,10-13H2,1-2H3,(H,22,25)/b9-7+. The van der Waals surface area contributed by atoms with Crippen molar-refractivity contribution in [1.29, 1.82) is 0 Å². The summed E-state index contributed by atoms with van der Waals surface area (Å²) in [6.07, 6.45) is 4.55. The summed E-state index contributed by atoms with van der Waals surface area (Å²) in [6.45, 7) is 6.81. The molecule has 1 fully saturated rings. The highest BCUT2D eigenvalue weighted by Gasteiger charge is 2.20. The first-order valence-corrected chi connectivity index (χ1v) is 9.33. The molecule has 0 unspecified atom stereocenters. The number of esters is 1. The van der Waals surface area contributed by atoms with Crippen LogP contribution in [0.15, 0.2) is 47.1 Å². The van der Waals surface area contributed by atoms with Crippen molar-refractivity contribution >= 4 is 29.3 Å². The number of carbonyl (C=O) groups excluding carboxylic acids is 2. The van der Waals surface area contributed by atoms with E-state index in [2.05, 4.69) is 22.0 Å². The van der Waals surface area contributed by atoms with Gasteiger partial charge in [0.1, 0.15) is 5.76 Å². The number of methoxy groups -OCH3 is 1. The fraction of sp³-hybridized carbons (Fsp3) is 0.333. The van der Waals surface area contributed by atoms with Crippen LogP contribution >= 0.6 is 0 Å². The van der Waals surface area contributed by atoms with Crippen LogP contribution in [0, 0.1) is 0 Å². The van der Waals surface area contributed by atoms with Gasteiger partial charge < -0.3 is 24.3 Å². The van der Waals surface area contributed by atoms with Crippen molar-refractivity contribution in [2.24, 2.45) is 0 Å². The number of benzene rings is 1. The lowest BCUT2D eigenvalue weighted by atomic mass is 10.1. The molecule has 1 N–H and O–H groups in total. The quantitative estimate of drug-likeness (QED) is 0.611. The molecular weight excluding hydrogens is 358 g/mol. The predicted molar refractivity (Wildman–Crippen MR) is 108 cm³/mol. The van der Waals surface area contributed by atoms with E-state index in [-0.39, 0.29) is 5.91 Å². The molecule has 0 saturated carbocycles. The van der Waals surface area contributed by atoms with Gasteiger partial charge in [-0.3, -0.25) is 4.79 Å². The molecule has 7 nitrogen and oxygen atoms in total. The van der Waals surface area contributed by atoms with Gasteiger partial charge in [0.2, 0.25) is 5.91 Å². The lowest BCUT2D eigenvalue weighted by Gasteiger charge is -2.36. The molecule has 0 atom stereocenters. The molecular formula is C21H25N3O4. The Labute approximate surface area is 164 Å². The van der Waals surface area contributed by atoms with Gasteiger partial charge in [0.05, 0.1) is 30.3 Å². The molecule has 28 heavy (non-hydrogen) atoms. The van der Waals surface area contributed by atoms with E-state index in [1.807, 2.05) is 6.07 Å². The predicted octanol–water partition coefficient (Wildman–Crippen LogP) is 2.86. The van der Waals surface area contributed by atoms with E-state index in [4.69, 9.17) is 9.15 Å². The molecule has 1 aromatic carbocycles. The summed E-state index contributed by atoms with van der Waals surface area (Å²) in [7, 11) is 1.34. The van der Waals surface area contributed by atoms with Crippen LogP contribution in [0.5, 0.6) is 0 Å². The highest BCUT2D eigenvalue weighted by atomic mass is 16.5. The molecule has 1 aromatic heterocycles. The molecule has 0 aliphatic carbocycles. The van der Waals surface area contributed by atoms with Gasteiger partial charge in [-0.05, 0) is 43.0 Å². The number of rotatable bonds is 6. The number of likely N-dealkylation sites (N-methyl/N-ethyl adjacent to an activating group) is 1. The smallest absolute Gasteiger partial charge is 0.337 e. The zero-order valence-corrected chi connectivity index (χ0v) is 16.2. The summed E-state index contributed by atoms with van der Waals surface area (Å²) < 4.78 is 10.0. The van der Waals surface area contributed by atoms with Crippen molar-refractivity contribution in [3.05, 3.63) is 54.0 Å². The highest BCUT2D eigenvalue weighted by molar-refractivity contribution is 6.04. The van der Waals surface area contributed by atoms with Crippen molar-refractivity contribution in [2.75, 3.05) is 50.1 Å². The fourth-order valence-electron chi connectivity index (χ4n) is 3.18. The maximum Gasteiger partial charge on any atom is 0.337 e. The summed E-state index contributed by atoms with van der Waals surface area (Å²) in [4.78, 5) is 28.9. The SMILES string of the molecule is CCN1CCN(c2ccc(C(=O)OC)cc2NC(=O)/C=C/c2ccco2)CC1. The van der Waals surface area contributed by atoms with Crippen LogP contribution in [0.25, 0.3) is 6.08 Å². The van der Waals surface area contributed by atoms with Crippen LogP contribution in [-0.2, 0) is 9.53 Å². The van der Waals surface area contributed by atoms with E-state index in [0.717, 1.165) is 38.4 Å². The largest absolute Gasteiger partial charge is 0.465 e. The van der Waals surface area contributed by atoms with Crippen molar-refractivity contribution < 1.29 is 18.7 Å². The number of hydrogen-bond acceptors (Lipinski definition) is 6. The first-order chi connectivity index (χ1) is 13.6. The van der Waals surface area contributed by atoms with Gasteiger partial charge in [0.25, 0.3) is 0 Å². The third kappa shape index (κ3) is 4.80. The van der Waals surface area contributed by atoms with Gasteiger partial charge in [-0.1, -0.05) is 6.92 Å². The number of carbonyl (C=O) groups is 2. The number of piperazine rings is 1. The van der Waals surface area contributed by atoms with Crippen LogP contribution in [0.4, 0.5) is 11.4 Å². The summed E-state index contributed by atoms with van der Waals surface area (Å²) >= 11 is 0. The van der Waals surface area contributed by atoms with Gasteiger partial charge in [-0.2, -0.15) is 0 Å². The van der Waals surface area contributed by atoms with Crippen LogP contribution in [0.2, 0.25) is 0 Å². The highest BCUT2D eigenvalue weighted by Crippen LogP contribution is 2.29. The van der Waals surface area contributed by atoms with Crippen LogP contribution in [-0.4, -0.2) is 56.6 Å². The van der Waals surface area contributed by atoms with Crippen LogP contribution < -0.4 is 10.2 Å². The second kappa shape index (κ2) is 9.23. The van der Waals surface area contributed by atoms with E-state index in [1.165, 1.54) is 13.2 Å². The summed E-state index contributed by atoms with van der Waals surface area (Å²) in [6, 6.07) is 8.76. The Kier molecular flexibility index (Phi) is 6.49. The van der Waals surface area contributed by atoms with Gasteiger partial charge in [-0.15, -0.1) is 0 Å². The van der Waals surface area contributed by atoms with Crippen molar-refractivity contribution in [1.82, 2.24) is 4.90 Å². The third-order valence-corrected chi connectivity index (χ3v) is 4.78. The number of nitrogens with one attached hydrogen (secondary N) is 1. The minimum atomic E-state index is -0.441. The maximum absolute atomic E-state index is 12.4. The lowest BCUT2D eigenvalue weighted by Crippen LogP contribution is -2.46. The average Bonchev–Trinajstić information content (AvgIpc) is 3.25. The number of furan rings is 1. The first-order valence-electron chi connectivity index (χ1n) is 9.33. The second-order valence-electron chi connectivity index (χ2n) is 6.48. The van der Waals surface area contributed by atoms with Gasteiger partial charge >= 0.3 is 5.97 Å². The minimum Gasteiger partial charge on any atom is -0.465 e. The molecule has 1 saturated heterocycles. The molecule has 0 bridgehead atoms. The zero-order chi connectivity index (χ0) is 19.9. The molecule has 1 aliphatic heterocycles. The topological polar surface area (TPSA) is 75.0 Å². The van der Waals surface area contributed by atoms with E-state index < -0.39 is 5.97 Å². The van der Waals surface area contributed by atoms with Gasteiger partial charge in [0, 0.05) is 32.3 Å². The van der Waals surface area contributed by atoms with Gasteiger partial charge in [0.15, 0.2) is 0 Å². The summed E-state index contributed by atoms with van der Waals surface area (Å²) in [5, 5.41) is 2.88. The molecule has 0 spiro atoms. The third-order valence-electron chi connectivity index (χ3n) is 4.78. The van der Waals surface area contributed by atoms with Gasteiger partial charge in [-0.25, -0.2) is 4.79 Å². The fourth-order valence-corrected chi connectivity index (χ4v) is 3.18. The Bertz CT molecular complexity index is 837. The van der Waals surface area contributed by atoms with Crippen LogP contribution in [0.3, 0.4) is 0 Å². The lowest BCUT2D eigenvalue weighted by molar-refractivity contribution is -0.111. The molecule has 1 amide bonds. The summed E-state index contributed by atoms with van der Waals surface area (Å²) in [5.41, 5.74) is 1.87. The second-order valence-corrected chi connectivity index (χ2v) is 6.48. The van der Waals surface area contributed by atoms with Crippen LogP contribution in [0.1, 0.15) is 23.0 Å². The summed E-state index contributed by atoms with van der Waals surface area (Å²) in [5.74, 6) is -0.148. The average molecular weight is 383 g/mol. The molecule has 2 heterocycles. The Morgan fingerprint density at radius 1 is 1.21 bits per heavy atom. The Morgan fingerprint density at radius 2 is 2.00 bits per heavy atom. The van der Waals surface area contributed by atoms with Crippen molar-refractivity contribution in [3.8, 4) is 0 Å². The minimum absolute atomic E-state index is 0.299. The Hall–Kier alpha value is -3.06. The van der Waals surface area contributed by atoms with Crippen molar-refractivity contribution in [2.45, 2.75) is 6.92 Å². The normalized spacial score (nSPS) is 15.0. The van der Waals surface area contributed by atoms with E-state index in [0.29, 0.717) is 17.0 Å². The molecule has 2 aromatic rings. The maximum atomic E-state index is 12.4. The van der Waals surface area contributed by atoms with Crippen molar-refractivity contribution in [3.63, 3.8) is 0 Å². The number of hydrogen-bond donors (Lipinski definition) is 1. The number of ether oxygens (including phenoxy) is 1. The molecule has 7 heteroatoms. The monoisotopic (exact) mass is 383 g/mol. The van der Waals surface area contributed by atoms with E-state index >= 15 is 0 Å². The Balaban J connectivity index is 1.81. The van der Waals surface area contributed by atoms with E-state index in [1.54, 1.807) is 36.6 Å². The Morgan fingerprint density at radius 3 is 2.64 bits per heavy atom. The first kappa shape index (κ1) is 19.7. The molecule has 0 radical (unpaired) electrons. The number of amides is 1. The molecule has 1 aliphatic rings. The molecule has 148 valence electrons. The zero-order valence-electron chi connectivity index (χ0n) is 16.2.